The van der Waals surface area contributed by atoms with E-state index in [0.717, 1.165) is 0 Å². The molecular weight excluding hydrogens is 228 g/mol. The van der Waals surface area contributed by atoms with Gasteiger partial charge in [-0.25, -0.2) is 0 Å². The first-order chi connectivity index (χ1) is 8.38. The first-order valence-electron chi connectivity index (χ1n) is 6.95. The number of likely N-dealkylation sites (tertiary alicyclic amines) is 1. The van der Waals surface area contributed by atoms with Gasteiger partial charge in [0.25, 0.3) is 0 Å². The summed E-state index contributed by atoms with van der Waals surface area (Å²) in [5.41, 5.74) is 0.290. The lowest BCUT2D eigenvalue weighted by atomic mass is 9.97. The largest absolute Gasteiger partial charge is 0.354 e. The molecule has 1 N–H and O–H groups in total. The predicted octanol–water partition coefficient (Wildman–Crippen LogP) is 1.85. The van der Waals surface area contributed by atoms with Gasteiger partial charge in [0.2, 0.25) is 0 Å². The molecule has 1 saturated heterocycles. The molecule has 1 rings (SSSR count). The smallest absolute Gasteiger partial charge is 0.171 e. The minimum absolute atomic E-state index is 0.161. The fraction of sp³-hybridized carbons (Fsp3) is 1.00. The van der Waals surface area contributed by atoms with Gasteiger partial charge in [0.05, 0.1) is 6.04 Å². The van der Waals surface area contributed by atoms with Crippen molar-refractivity contribution in [3.8, 4) is 0 Å². The van der Waals surface area contributed by atoms with Gasteiger partial charge in [-0.05, 0) is 40.5 Å². The fourth-order valence-corrected chi connectivity index (χ4v) is 2.67. The van der Waals surface area contributed by atoms with Gasteiger partial charge in [-0.2, -0.15) is 0 Å². The van der Waals surface area contributed by atoms with E-state index in [0.29, 0.717) is 6.04 Å². The minimum atomic E-state index is -0.161. The number of ether oxygens (including phenoxy) is 2. The Hall–Kier alpha value is -0.160. The standard InChI is InChI=1S/C14H30N2O2/c1-11(13(17-5)18-6)15-12-7-9-16(10-8-12)14(2,3)4/h11-13,15H,7-10H2,1-6H3. The van der Waals surface area contributed by atoms with Gasteiger partial charge in [0.1, 0.15) is 0 Å². The third-order valence-corrected chi connectivity index (χ3v) is 3.82. The van der Waals surface area contributed by atoms with Crippen molar-refractivity contribution >= 4 is 0 Å². The van der Waals surface area contributed by atoms with E-state index in [4.69, 9.17) is 9.47 Å². The highest BCUT2D eigenvalue weighted by Gasteiger charge is 2.28. The number of nitrogens with zero attached hydrogens (tertiary/aromatic N) is 1. The third kappa shape index (κ3) is 4.50. The molecule has 1 aliphatic heterocycles. The molecule has 1 aliphatic rings. The highest BCUT2D eigenvalue weighted by Crippen LogP contribution is 2.20. The molecular formula is C14H30N2O2. The van der Waals surface area contributed by atoms with E-state index in [9.17, 15) is 0 Å². The zero-order valence-corrected chi connectivity index (χ0v) is 12.8. The Kier molecular flexibility index (Phi) is 6.05. The van der Waals surface area contributed by atoms with Crippen molar-refractivity contribution in [2.24, 2.45) is 0 Å². The molecule has 4 nitrogen and oxygen atoms in total. The van der Waals surface area contributed by atoms with Crippen LogP contribution in [-0.2, 0) is 9.47 Å². The van der Waals surface area contributed by atoms with Gasteiger partial charge in [0, 0.05) is 38.9 Å². The van der Waals surface area contributed by atoms with Crippen molar-refractivity contribution < 1.29 is 9.47 Å². The van der Waals surface area contributed by atoms with E-state index < -0.39 is 0 Å². The Labute approximate surface area is 112 Å². The molecule has 0 spiro atoms. The van der Waals surface area contributed by atoms with Crippen molar-refractivity contribution in [3.05, 3.63) is 0 Å². The molecule has 0 aromatic heterocycles. The van der Waals surface area contributed by atoms with Crippen molar-refractivity contribution in [2.75, 3.05) is 27.3 Å². The van der Waals surface area contributed by atoms with Crippen LogP contribution in [0.5, 0.6) is 0 Å². The van der Waals surface area contributed by atoms with Crippen LogP contribution in [0.2, 0.25) is 0 Å². The van der Waals surface area contributed by atoms with Gasteiger partial charge in [0.15, 0.2) is 6.29 Å². The summed E-state index contributed by atoms with van der Waals surface area (Å²) < 4.78 is 10.6. The molecule has 1 fully saturated rings. The molecule has 0 saturated carbocycles. The van der Waals surface area contributed by atoms with Crippen molar-refractivity contribution in [1.29, 1.82) is 0 Å². The van der Waals surface area contributed by atoms with Gasteiger partial charge in [-0.3, -0.25) is 4.90 Å². The molecule has 0 amide bonds. The van der Waals surface area contributed by atoms with Crippen molar-refractivity contribution in [1.82, 2.24) is 10.2 Å². The first-order valence-corrected chi connectivity index (χ1v) is 6.95. The quantitative estimate of drug-likeness (QED) is 0.763. The van der Waals surface area contributed by atoms with Crippen molar-refractivity contribution in [3.63, 3.8) is 0 Å². The highest BCUT2D eigenvalue weighted by atomic mass is 16.7. The van der Waals surface area contributed by atoms with Gasteiger partial charge in [-0.15, -0.1) is 0 Å². The Morgan fingerprint density at radius 3 is 2.00 bits per heavy atom. The normalized spacial score (nSPS) is 21.5. The van der Waals surface area contributed by atoms with Crippen molar-refractivity contribution in [2.45, 2.75) is 64.4 Å². The summed E-state index contributed by atoms with van der Waals surface area (Å²) in [5, 5.41) is 3.62. The van der Waals surface area contributed by atoms with Gasteiger partial charge in [-0.1, -0.05) is 0 Å². The molecule has 4 heteroatoms. The molecule has 1 atom stereocenters. The van der Waals surface area contributed by atoms with Gasteiger partial charge < -0.3 is 14.8 Å². The van der Waals surface area contributed by atoms with E-state index in [1.54, 1.807) is 14.2 Å². The first kappa shape index (κ1) is 15.9. The summed E-state index contributed by atoms with van der Waals surface area (Å²) in [5.74, 6) is 0. The molecule has 0 aliphatic carbocycles. The maximum absolute atomic E-state index is 5.28. The molecule has 0 bridgehead atoms. The van der Waals surface area contributed by atoms with Crippen LogP contribution in [0.4, 0.5) is 0 Å². The lowest BCUT2D eigenvalue weighted by Crippen LogP contribution is -2.53. The Balaban J connectivity index is 2.35. The molecule has 0 aromatic rings. The van der Waals surface area contributed by atoms with E-state index in [2.05, 4.69) is 37.9 Å². The molecule has 0 aromatic carbocycles. The third-order valence-electron chi connectivity index (χ3n) is 3.82. The topological polar surface area (TPSA) is 33.7 Å². The van der Waals surface area contributed by atoms with Crippen LogP contribution in [0.3, 0.4) is 0 Å². The van der Waals surface area contributed by atoms with Gasteiger partial charge >= 0.3 is 0 Å². The van der Waals surface area contributed by atoms with E-state index in [1.165, 1.54) is 25.9 Å². The number of piperidine rings is 1. The van der Waals surface area contributed by atoms with E-state index >= 15 is 0 Å². The van der Waals surface area contributed by atoms with Crippen LogP contribution in [-0.4, -0.2) is 56.1 Å². The summed E-state index contributed by atoms with van der Waals surface area (Å²) in [7, 11) is 3.38. The zero-order valence-electron chi connectivity index (χ0n) is 12.8. The summed E-state index contributed by atoms with van der Waals surface area (Å²) in [6.07, 6.45) is 2.23. The molecule has 108 valence electrons. The molecule has 1 heterocycles. The monoisotopic (exact) mass is 258 g/mol. The van der Waals surface area contributed by atoms with Crippen LogP contribution >= 0.6 is 0 Å². The van der Waals surface area contributed by atoms with E-state index in [1.807, 2.05) is 0 Å². The van der Waals surface area contributed by atoms with Crippen LogP contribution in [0, 0.1) is 0 Å². The fourth-order valence-electron chi connectivity index (χ4n) is 2.67. The van der Waals surface area contributed by atoms with Crippen LogP contribution in [0.25, 0.3) is 0 Å². The Morgan fingerprint density at radius 1 is 1.11 bits per heavy atom. The summed E-state index contributed by atoms with van der Waals surface area (Å²) in [6.45, 7) is 11.3. The molecule has 0 radical (unpaired) electrons. The maximum atomic E-state index is 5.28. The Morgan fingerprint density at radius 2 is 1.61 bits per heavy atom. The lowest BCUT2D eigenvalue weighted by Gasteiger charge is -2.42. The number of rotatable bonds is 5. The minimum Gasteiger partial charge on any atom is -0.354 e. The second-order valence-corrected chi connectivity index (χ2v) is 6.23. The van der Waals surface area contributed by atoms with Crippen LogP contribution in [0.15, 0.2) is 0 Å². The zero-order chi connectivity index (χ0) is 13.8. The number of hydrogen-bond acceptors (Lipinski definition) is 4. The summed E-state index contributed by atoms with van der Waals surface area (Å²) in [6, 6.07) is 0.803. The average Bonchev–Trinajstić information content (AvgIpc) is 2.30. The number of hydrogen-bond donors (Lipinski definition) is 1. The van der Waals surface area contributed by atoms with Crippen LogP contribution < -0.4 is 5.32 Å². The SMILES string of the molecule is COC(OC)C(C)NC1CCN(C(C)(C)C)CC1. The Bertz CT molecular complexity index is 228. The maximum Gasteiger partial charge on any atom is 0.171 e. The second-order valence-electron chi connectivity index (χ2n) is 6.23. The summed E-state index contributed by atoms with van der Waals surface area (Å²) in [4.78, 5) is 2.56. The lowest BCUT2D eigenvalue weighted by molar-refractivity contribution is -0.121. The number of nitrogens with one attached hydrogen (secondary N) is 1. The molecule has 18 heavy (non-hydrogen) atoms. The average molecular weight is 258 g/mol. The highest BCUT2D eigenvalue weighted by molar-refractivity contribution is 4.85. The molecule has 1 unspecified atom stereocenters. The summed E-state index contributed by atoms with van der Waals surface area (Å²) >= 11 is 0. The second kappa shape index (κ2) is 6.85. The van der Waals surface area contributed by atoms with E-state index in [-0.39, 0.29) is 17.9 Å². The number of methoxy groups -OCH3 is 2. The predicted molar refractivity (Wildman–Crippen MR) is 74.8 cm³/mol. The van der Waals surface area contributed by atoms with Crippen LogP contribution in [0.1, 0.15) is 40.5 Å².